The molecule has 162 valence electrons. The smallest absolute Gasteiger partial charge is 0.251 e. The minimum Gasteiger partial charge on any atom is -0.497 e. The Hall–Kier alpha value is -3.39. The molecule has 0 aromatic heterocycles. The third-order valence-electron chi connectivity index (χ3n) is 4.68. The number of hydrogen-bond acceptors (Lipinski definition) is 4. The Balaban J connectivity index is 1.68. The molecule has 6 nitrogen and oxygen atoms in total. The van der Waals surface area contributed by atoms with Crippen LogP contribution < -0.4 is 14.4 Å². The lowest BCUT2D eigenvalue weighted by atomic mass is 10.1. The summed E-state index contributed by atoms with van der Waals surface area (Å²) in [7, 11) is -2.12. The quantitative estimate of drug-likeness (QED) is 0.577. The summed E-state index contributed by atoms with van der Waals surface area (Å²) in [4.78, 5) is 12.4. The average Bonchev–Trinajstić information content (AvgIpc) is 2.76. The number of hydrogen-bond donors (Lipinski definition) is 1. The van der Waals surface area contributed by atoms with Crippen LogP contribution in [0.25, 0.3) is 0 Å². The summed E-state index contributed by atoms with van der Waals surface area (Å²) in [5.74, 6) is -0.136. The van der Waals surface area contributed by atoms with Crippen LogP contribution in [0.3, 0.4) is 0 Å². The first-order chi connectivity index (χ1) is 14.8. The molecule has 0 saturated carbocycles. The SMILES string of the molecule is COc1ccc(CNC(=O)c2ccc(CN(c3ccccc3F)S(C)(=O)=O)cc2)cc1. The number of nitrogens with zero attached hydrogens (tertiary/aromatic N) is 1. The molecule has 3 aromatic rings. The number of para-hydroxylation sites is 1. The van der Waals surface area contributed by atoms with Crippen LogP contribution in [-0.2, 0) is 23.1 Å². The van der Waals surface area contributed by atoms with Gasteiger partial charge in [-0.1, -0.05) is 36.4 Å². The zero-order valence-corrected chi connectivity index (χ0v) is 18.0. The second-order valence-corrected chi connectivity index (χ2v) is 8.86. The van der Waals surface area contributed by atoms with Gasteiger partial charge in [0.25, 0.3) is 5.91 Å². The molecule has 1 amide bonds. The first-order valence-corrected chi connectivity index (χ1v) is 11.3. The number of rotatable bonds is 8. The molecular weight excluding hydrogens is 419 g/mol. The van der Waals surface area contributed by atoms with Crippen LogP contribution >= 0.6 is 0 Å². The number of ether oxygens (including phenoxy) is 1. The van der Waals surface area contributed by atoms with E-state index in [2.05, 4.69) is 5.32 Å². The van der Waals surface area contributed by atoms with Crippen molar-refractivity contribution in [3.63, 3.8) is 0 Å². The van der Waals surface area contributed by atoms with E-state index in [-0.39, 0.29) is 18.1 Å². The van der Waals surface area contributed by atoms with E-state index in [1.54, 1.807) is 37.4 Å². The summed E-state index contributed by atoms with van der Waals surface area (Å²) in [5.41, 5.74) is 1.97. The second-order valence-electron chi connectivity index (χ2n) is 6.95. The lowest BCUT2D eigenvalue weighted by molar-refractivity contribution is 0.0951. The monoisotopic (exact) mass is 442 g/mol. The average molecular weight is 443 g/mol. The molecule has 0 aliphatic rings. The van der Waals surface area contributed by atoms with E-state index in [0.29, 0.717) is 17.7 Å². The predicted molar refractivity (Wildman–Crippen MR) is 118 cm³/mol. The molecule has 0 atom stereocenters. The van der Waals surface area contributed by atoms with Crippen LogP contribution in [0.1, 0.15) is 21.5 Å². The van der Waals surface area contributed by atoms with Crippen LogP contribution in [0.5, 0.6) is 5.75 Å². The fourth-order valence-corrected chi connectivity index (χ4v) is 3.88. The maximum atomic E-state index is 14.1. The molecule has 1 N–H and O–H groups in total. The second kappa shape index (κ2) is 9.61. The van der Waals surface area contributed by atoms with E-state index in [0.717, 1.165) is 21.9 Å². The lowest BCUT2D eigenvalue weighted by Crippen LogP contribution is -2.30. The number of methoxy groups -OCH3 is 1. The van der Waals surface area contributed by atoms with E-state index in [4.69, 9.17) is 4.74 Å². The first-order valence-electron chi connectivity index (χ1n) is 9.50. The van der Waals surface area contributed by atoms with Crippen molar-refractivity contribution in [1.29, 1.82) is 0 Å². The van der Waals surface area contributed by atoms with Gasteiger partial charge in [-0.2, -0.15) is 0 Å². The first kappa shape index (κ1) is 22.3. The molecule has 0 unspecified atom stereocenters. The molecule has 8 heteroatoms. The number of nitrogens with one attached hydrogen (secondary N) is 1. The molecule has 0 bridgehead atoms. The van der Waals surface area contributed by atoms with Gasteiger partial charge in [-0.05, 0) is 47.5 Å². The summed E-state index contributed by atoms with van der Waals surface area (Å²) in [5, 5.41) is 2.83. The van der Waals surface area contributed by atoms with Gasteiger partial charge in [0.2, 0.25) is 10.0 Å². The van der Waals surface area contributed by atoms with E-state index in [1.165, 1.54) is 18.2 Å². The molecule has 31 heavy (non-hydrogen) atoms. The summed E-state index contributed by atoms with van der Waals surface area (Å²) >= 11 is 0. The number of halogens is 1. The number of carbonyl (C=O) groups is 1. The van der Waals surface area contributed by atoms with Crippen molar-refractivity contribution < 1.29 is 22.3 Å². The molecule has 0 aliphatic carbocycles. The number of sulfonamides is 1. The van der Waals surface area contributed by atoms with E-state index < -0.39 is 15.8 Å². The topological polar surface area (TPSA) is 75.7 Å². The van der Waals surface area contributed by atoms with Crippen LogP contribution in [0.15, 0.2) is 72.8 Å². The van der Waals surface area contributed by atoms with E-state index in [1.807, 2.05) is 24.3 Å². The standard InChI is InChI=1S/C23H23FN2O4S/c1-30-20-13-9-17(10-14-20)15-25-23(27)19-11-7-18(8-12-19)16-26(31(2,28)29)22-6-4-3-5-21(22)24/h3-14H,15-16H2,1-2H3,(H,25,27). The number of carbonyl (C=O) groups excluding carboxylic acids is 1. The van der Waals surface area contributed by atoms with Gasteiger partial charge in [0, 0.05) is 12.1 Å². The fraction of sp³-hybridized carbons (Fsp3) is 0.174. The predicted octanol–water partition coefficient (Wildman–Crippen LogP) is 3.73. The Kier molecular flexibility index (Phi) is 6.91. The molecule has 3 aromatic carbocycles. The zero-order chi connectivity index (χ0) is 22.4. The van der Waals surface area contributed by atoms with Crippen LogP contribution in [0.4, 0.5) is 10.1 Å². The van der Waals surface area contributed by atoms with Crippen molar-refractivity contribution in [3.8, 4) is 5.75 Å². The zero-order valence-electron chi connectivity index (χ0n) is 17.2. The van der Waals surface area contributed by atoms with Gasteiger partial charge in [-0.25, -0.2) is 12.8 Å². The van der Waals surface area contributed by atoms with Crippen molar-refractivity contribution in [3.05, 3.63) is 95.3 Å². The molecule has 0 saturated heterocycles. The molecule has 0 aliphatic heterocycles. The van der Waals surface area contributed by atoms with E-state index >= 15 is 0 Å². The number of anilines is 1. The Morgan fingerprint density at radius 3 is 2.16 bits per heavy atom. The molecule has 0 fully saturated rings. The van der Waals surface area contributed by atoms with Crippen molar-refractivity contribution in [2.24, 2.45) is 0 Å². The summed E-state index contributed by atoms with van der Waals surface area (Å²) in [6.45, 7) is 0.313. The highest BCUT2D eigenvalue weighted by molar-refractivity contribution is 7.92. The van der Waals surface area contributed by atoms with Gasteiger partial charge in [-0.3, -0.25) is 9.10 Å². The van der Waals surface area contributed by atoms with Crippen molar-refractivity contribution in [1.82, 2.24) is 5.32 Å². The van der Waals surface area contributed by atoms with Gasteiger partial charge >= 0.3 is 0 Å². The Morgan fingerprint density at radius 1 is 0.968 bits per heavy atom. The van der Waals surface area contributed by atoms with Crippen molar-refractivity contribution >= 4 is 21.6 Å². The Bertz CT molecular complexity index is 1150. The van der Waals surface area contributed by atoms with Gasteiger partial charge in [0.05, 0.1) is 25.6 Å². The minimum absolute atomic E-state index is 0.0219. The minimum atomic E-state index is -3.70. The third kappa shape index (κ3) is 5.82. The largest absolute Gasteiger partial charge is 0.497 e. The van der Waals surface area contributed by atoms with Crippen LogP contribution in [0, 0.1) is 5.82 Å². The normalized spacial score (nSPS) is 11.1. The molecule has 3 rings (SSSR count). The molecule has 0 radical (unpaired) electrons. The summed E-state index contributed by atoms with van der Waals surface area (Å²) in [6.07, 6.45) is 1.03. The van der Waals surface area contributed by atoms with Gasteiger partial charge in [0.15, 0.2) is 0 Å². The number of benzene rings is 3. The summed E-state index contributed by atoms with van der Waals surface area (Å²) in [6, 6.07) is 19.6. The van der Waals surface area contributed by atoms with Crippen molar-refractivity contribution in [2.75, 3.05) is 17.7 Å². The molecule has 0 heterocycles. The highest BCUT2D eigenvalue weighted by Gasteiger charge is 2.21. The van der Waals surface area contributed by atoms with E-state index in [9.17, 15) is 17.6 Å². The Labute approximate surface area is 181 Å². The van der Waals surface area contributed by atoms with Gasteiger partial charge in [0.1, 0.15) is 11.6 Å². The highest BCUT2D eigenvalue weighted by Crippen LogP contribution is 2.24. The third-order valence-corrected chi connectivity index (χ3v) is 5.80. The number of amides is 1. The van der Waals surface area contributed by atoms with Gasteiger partial charge < -0.3 is 10.1 Å². The fourth-order valence-electron chi connectivity index (χ4n) is 2.99. The molecular formula is C23H23FN2O4S. The Morgan fingerprint density at radius 2 is 1.58 bits per heavy atom. The maximum absolute atomic E-state index is 14.1. The molecule has 0 spiro atoms. The highest BCUT2D eigenvalue weighted by atomic mass is 32.2. The van der Waals surface area contributed by atoms with Gasteiger partial charge in [-0.15, -0.1) is 0 Å². The summed E-state index contributed by atoms with van der Waals surface area (Å²) < 4.78 is 44.7. The van der Waals surface area contributed by atoms with Crippen molar-refractivity contribution in [2.45, 2.75) is 13.1 Å². The van der Waals surface area contributed by atoms with Crippen LogP contribution in [0.2, 0.25) is 0 Å². The van der Waals surface area contributed by atoms with Crippen LogP contribution in [-0.4, -0.2) is 27.7 Å². The maximum Gasteiger partial charge on any atom is 0.251 e. The lowest BCUT2D eigenvalue weighted by Gasteiger charge is -2.23.